The molecule has 1 aliphatic heterocycles. The molecule has 1 spiro atoms. The maximum Gasteiger partial charge on any atom is 0.246 e. The number of piperazine rings is 1. The molecule has 0 aromatic rings. The molecule has 1 unspecified atom stereocenters. The third-order valence-electron chi connectivity index (χ3n) is 4.61. The van der Waals surface area contributed by atoms with Crippen molar-refractivity contribution in [1.82, 2.24) is 10.2 Å². The van der Waals surface area contributed by atoms with Crippen molar-refractivity contribution in [2.45, 2.75) is 64.5 Å². The fourth-order valence-electron chi connectivity index (χ4n) is 3.59. The van der Waals surface area contributed by atoms with Crippen LogP contribution in [0.25, 0.3) is 0 Å². The molecule has 4 nitrogen and oxygen atoms in total. The number of hydrogen-bond acceptors (Lipinski definition) is 3. The van der Waals surface area contributed by atoms with Crippen LogP contribution >= 0.6 is 11.8 Å². The molecular formula is C16H28N2O2S. The van der Waals surface area contributed by atoms with E-state index in [1.165, 1.54) is 0 Å². The van der Waals surface area contributed by atoms with Crippen LogP contribution in [0.5, 0.6) is 0 Å². The van der Waals surface area contributed by atoms with E-state index < -0.39 is 5.54 Å². The highest BCUT2D eigenvalue weighted by Crippen LogP contribution is 2.38. The van der Waals surface area contributed by atoms with Gasteiger partial charge in [0.25, 0.3) is 0 Å². The third kappa shape index (κ3) is 3.38. The first-order valence-electron chi connectivity index (χ1n) is 8.21. The molecule has 2 rings (SSSR count). The maximum atomic E-state index is 12.9. The van der Waals surface area contributed by atoms with Gasteiger partial charge in [0.1, 0.15) is 11.6 Å². The Bertz CT molecular complexity index is 392. The third-order valence-corrected chi connectivity index (χ3v) is 5.49. The minimum absolute atomic E-state index is 0.0896. The van der Waals surface area contributed by atoms with Gasteiger partial charge in [-0.3, -0.25) is 9.59 Å². The number of amides is 2. The lowest BCUT2D eigenvalue weighted by atomic mass is 9.87. The monoisotopic (exact) mass is 312 g/mol. The predicted octanol–water partition coefficient (Wildman–Crippen LogP) is 2.43. The molecule has 0 aromatic carbocycles. The van der Waals surface area contributed by atoms with E-state index >= 15 is 0 Å². The quantitative estimate of drug-likeness (QED) is 0.766. The summed E-state index contributed by atoms with van der Waals surface area (Å²) in [6.45, 7) is 7.02. The highest BCUT2D eigenvalue weighted by Gasteiger charge is 2.53. The van der Waals surface area contributed by atoms with Gasteiger partial charge in [-0.05, 0) is 30.9 Å². The first kappa shape index (κ1) is 16.7. The second kappa shape index (κ2) is 7.03. The summed E-state index contributed by atoms with van der Waals surface area (Å²) < 4.78 is 0. The SMILES string of the molecule is CCSCCN1C(=O)C(CC(C)C)NC(=O)C12CCCC2. The smallest absolute Gasteiger partial charge is 0.246 e. The van der Waals surface area contributed by atoms with Crippen molar-refractivity contribution < 1.29 is 9.59 Å². The normalized spacial score (nSPS) is 25.0. The van der Waals surface area contributed by atoms with E-state index in [0.717, 1.165) is 43.6 Å². The van der Waals surface area contributed by atoms with Crippen molar-refractivity contribution >= 4 is 23.6 Å². The lowest BCUT2D eigenvalue weighted by molar-refractivity contribution is -0.157. The van der Waals surface area contributed by atoms with Crippen molar-refractivity contribution in [1.29, 1.82) is 0 Å². The van der Waals surface area contributed by atoms with Gasteiger partial charge in [0.05, 0.1) is 0 Å². The molecule has 0 aromatic heterocycles. The minimum atomic E-state index is -0.543. The Labute approximate surface area is 132 Å². The summed E-state index contributed by atoms with van der Waals surface area (Å²) in [6.07, 6.45) is 4.49. The Balaban J connectivity index is 2.17. The molecular weight excluding hydrogens is 284 g/mol. The molecule has 2 aliphatic rings. The summed E-state index contributed by atoms with van der Waals surface area (Å²) in [7, 11) is 0. The van der Waals surface area contributed by atoms with Crippen molar-refractivity contribution in [3.63, 3.8) is 0 Å². The van der Waals surface area contributed by atoms with Crippen molar-refractivity contribution in [3.8, 4) is 0 Å². The molecule has 1 aliphatic carbocycles. The number of thioether (sulfide) groups is 1. The number of rotatable bonds is 6. The Kier molecular flexibility index (Phi) is 5.58. The summed E-state index contributed by atoms with van der Waals surface area (Å²) >= 11 is 1.84. The molecule has 0 radical (unpaired) electrons. The molecule has 0 bridgehead atoms. The number of nitrogens with zero attached hydrogens (tertiary/aromatic N) is 1. The summed E-state index contributed by atoms with van der Waals surface area (Å²) in [5.74, 6) is 2.61. The van der Waals surface area contributed by atoms with Crippen LogP contribution in [0.15, 0.2) is 0 Å². The molecule has 1 heterocycles. The number of nitrogens with one attached hydrogen (secondary N) is 1. The zero-order chi connectivity index (χ0) is 15.5. The molecule has 1 saturated heterocycles. The lowest BCUT2D eigenvalue weighted by Crippen LogP contribution is -2.70. The van der Waals surface area contributed by atoms with Crippen molar-refractivity contribution in [2.24, 2.45) is 5.92 Å². The summed E-state index contributed by atoms with van der Waals surface area (Å²) in [5, 5.41) is 3.01. The fourth-order valence-corrected chi connectivity index (χ4v) is 4.19. The Hall–Kier alpha value is -0.710. The molecule has 2 fully saturated rings. The molecule has 1 N–H and O–H groups in total. The fraction of sp³-hybridized carbons (Fsp3) is 0.875. The van der Waals surface area contributed by atoms with Crippen LogP contribution in [0.2, 0.25) is 0 Å². The molecule has 5 heteroatoms. The van der Waals surface area contributed by atoms with Crippen LogP contribution in [0.1, 0.15) is 52.9 Å². The number of carbonyl (C=O) groups is 2. The molecule has 1 saturated carbocycles. The molecule has 120 valence electrons. The first-order chi connectivity index (χ1) is 10.0. The van der Waals surface area contributed by atoms with E-state index in [1.807, 2.05) is 16.7 Å². The van der Waals surface area contributed by atoms with E-state index in [-0.39, 0.29) is 17.9 Å². The average molecular weight is 312 g/mol. The Morgan fingerprint density at radius 2 is 2.00 bits per heavy atom. The van der Waals surface area contributed by atoms with Gasteiger partial charge in [-0.25, -0.2) is 0 Å². The van der Waals surface area contributed by atoms with Gasteiger partial charge in [-0.2, -0.15) is 11.8 Å². The number of carbonyl (C=O) groups excluding carboxylic acids is 2. The first-order valence-corrected chi connectivity index (χ1v) is 9.37. The molecule has 2 amide bonds. The van der Waals surface area contributed by atoms with Gasteiger partial charge in [-0.15, -0.1) is 0 Å². The molecule has 21 heavy (non-hydrogen) atoms. The van der Waals surface area contributed by atoms with Crippen LogP contribution in [0.3, 0.4) is 0 Å². The molecule has 1 atom stereocenters. The van der Waals surface area contributed by atoms with E-state index in [9.17, 15) is 9.59 Å². The average Bonchev–Trinajstić information content (AvgIpc) is 2.90. The Morgan fingerprint density at radius 1 is 1.33 bits per heavy atom. The maximum absolute atomic E-state index is 12.9. The van der Waals surface area contributed by atoms with Gasteiger partial charge < -0.3 is 10.2 Å². The highest BCUT2D eigenvalue weighted by atomic mass is 32.2. The van der Waals surface area contributed by atoms with Crippen LogP contribution in [-0.4, -0.2) is 46.3 Å². The van der Waals surface area contributed by atoms with E-state index in [0.29, 0.717) is 12.5 Å². The van der Waals surface area contributed by atoms with Crippen LogP contribution in [-0.2, 0) is 9.59 Å². The van der Waals surface area contributed by atoms with Gasteiger partial charge in [0.15, 0.2) is 0 Å². The van der Waals surface area contributed by atoms with Crippen molar-refractivity contribution in [3.05, 3.63) is 0 Å². The summed E-state index contributed by atoms with van der Waals surface area (Å²) in [4.78, 5) is 27.5. The summed E-state index contributed by atoms with van der Waals surface area (Å²) in [6, 6.07) is -0.324. The standard InChI is InChI=1S/C16H28N2O2S/c1-4-21-10-9-18-14(19)13(11-12(2)3)17-15(20)16(18)7-5-6-8-16/h12-13H,4-11H2,1-3H3,(H,17,20). The zero-order valence-electron chi connectivity index (χ0n) is 13.5. The van der Waals surface area contributed by atoms with Crippen LogP contribution in [0, 0.1) is 5.92 Å². The lowest BCUT2D eigenvalue weighted by Gasteiger charge is -2.46. The van der Waals surface area contributed by atoms with E-state index in [4.69, 9.17) is 0 Å². The van der Waals surface area contributed by atoms with Gasteiger partial charge in [0.2, 0.25) is 11.8 Å². The predicted molar refractivity (Wildman–Crippen MR) is 87.3 cm³/mol. The van der Waals surface area contributed by atoms with E-state index in [2.05, 4.69) is 26.1 Å². The topological polar surface area (TPSA) is 49.4 Å². The highest BCUT2D eigenvalue weighted by molar-refractivity contribution is 7.99. The number of hydrogen-bond donors (Lipinski definition) is 1. The van der Waals surface area contributed by atoms with Gasteiger partial charge in [-0.1, -0.05) is 33.6 Å². The van der Waals surface area contributed by atoms with Gasteiger partial charge >= 0.3 is 0 Å². The van der Waals surface area contributed by atoms with E-state index in [1.54, 1.807) is 0 Å². The summed E-state index contributed by atoms with van der Waals surface area (Å²) in [5.41, 5.74) is -0.543. The second-order valence-corrected chi connectivity index (χ2v) is 7.97. The van der Waals surface area contributed by atoms with Crippen LogP contribution in [0.4, 0.5) is 0 Å². The Morgan fingerprint density at radius 3 is 2.57 bits per heavy atom. The second-order valence-electron chi connectivity index (χ2n) is 6.58. The zero-order valence-corrected chi connectivity index (χ0v) is 14.3. The minimum Gasteiger partial charge on any atom is -0.342 e. The largest absolute Gasteiger partial charge is 0.342 e. The van der Waals surface area contributed by atoms with Crippen LogP contribution < -0.4 is 5.32 Å². The van der Waals surface area contributed by atoms with Crippen molar-refractivity contribution in [2.75, 3.05) is 18.1 Å². The van der Waals surface area contributed by atoms with Gasteiger partial charge in [0, 0.05) is 12.3 Å².